The average molecular weight is 541 g/mol. The predicted molar refractivity (Wildman–Crippen MR) is 164 cm³/mol. The van der Waals surface area contributed by atoms with E-state index in [1.165, 1.54) is 5.56 Å². The van der Waals surface area contributed by atoms with Gasteiger partial charge in [0.15, 0.2) is 0 Å². The Bertz CT molecular complexity index is 1750. The summed E-state index contributed by atoms with van der Waals surface area (Å²) in [6.45, 7) is 1.52. The van der Waals surface area contributed by atoms with Crippen molar-refractivity contribution >= 4 is 17.3 Å². The quantitative estimate of drug-likeness (QED) is 0.204. The van der Waals surface area contributed by atoms with Crippen LogP contribution in [0.4, 0.5) is 11.6 Å². The Balaban J connectivity index is 1.28. The van der Waals surface area contributed by atoms with Crippen LogP contribution >= 0.6 is 0 Å². The number of imidazole rings is 1. The summed E-state index contributed by atoms with van der Waals surface area (Å²) in [7, 11) is 4.17. The Labute approximate surface area is 240 Å². The molecular formula is C34H32N6O. The van der Waals surface area contributed by atoms with E-state index in [0.717, 1.165) is 58.3 Å². The first-order valence-electron chi connectivity index (χ1n) is 13.7. The number of rotatable bonds is 10. The van der Waals surface area contributed by atoms with Gasteiger partial charge in [-0.25, -0.2) is 15.0 Å². The van der Waals surface area contributed by atoms with Gasteiger partial charge in [0.1, 0.15) is 18.0 Å². The zero-order chi connectivity index (χ0) is 28.0. The van der Waals surface area contributed by atoms with Gasteiger partial charge in [0.2, 0.25) is 5.95 Å². The first-order chi connectivity index (χ1) is 20.1. The highest BCUT2D eigenvalue weighted by molar-refractivity contribution is 5.81. The predicted octanol–water partition coefficient (Wildman–Crippen LogP) is 6.89. The molecule has 0 saturated heterocycles. The molecule has 0 spiro atoms. The van der Waals surface area contributed by atoms with Crippen LogP contribution in [0.25, 0.3) is 28.3 Å². The van der Waals surface area contributed by atoms with Gasteiger partial charge in [0, 0.05) is 30.2 Å². The monoisotopic (exact) mass is 540 g/mol. The third kappa shape index (κ3) is 6.26. The minimum absolute atomic E-state index is 0.523. The number of likely N-dealkylation sites (N-methyl/N-ethyl adjacent to an activating group) is 1. The van der Waals surface area contributed by atoms with Gasteiger partial charge in [-0.05, 0) is 86.2 Å². The summed E-state index contributed by atoms with van der Waals surface area (Å²) in [5, 5.41) is 3.39. The van der Waals surface area contributed by atoms with Crippen molar-refractivity contribution in [2.45, 2.75) is 13.0 Å². The molecule has 6 rings (SSSR count). The normalized spacial score (nSPS) is 11.2. The molecule has 1 N–H and O–H groups in total. The average Bonchev–Trinajstić information content (AvgIpc) is 3.40. The van der Waals surface area contributed by atoms with Gasteiger partial charge in [-0.2, -0.15) is 0 Å². The second-order valence-corrected chi connectivity index (χ2v) is 10.2. The van der Waals surface area contributed by atoms with Gasteiger partial charge in [-0.1, -0.05) is 48.5 Å². The second kappa shape index (κ2) is 12.0. The highest BCUT2D eigenvalue weighted by Gasteiger charge is 2.18. The molecular weight excluding hydrogens is 508 g/mol. The molecule has 0 aliphatic rings. The van der Waals surface area contributed by atoms with Gasteiger partial charge in [0.05, 0.1) is 17.1 Å². The largest absolute Gasteiger partial charge is 0.489 e. The van der Waals surface area contributed by atoms with Crippen LogP contribution in [0.5, 0.6) is 5.75 Å². The van der Waals surface area contributed by atoms with Crippen molar-refractivity contribution in [1.29, 1.82) is 0 Å². The molecule has 0 radical (unpaired) electrons. The maximum absolute atomic E-state index is 6.01. The fraction of sp³-hybridized carbons (Fsp3) is 0.147. The molecule has 0 unspecified atom stereocenters. The van der Waals surface area contributed by atoms with Crippen molar-refractivity contribution in [1.82, 2.24) is 24.3 Å². The maximum Gasteiger partial charge on any atom is 0.227 e. The van der Waals surface area contributed by atoms with Crippen molar-refractivity contribution in [2.24, 2.45) is 0 Å². The number of ether oxygens (including phenoxy) is 1. The summed E-state index contributed by atoms with van der Waals surface area (Å²) >= 11 is 0. The highest BCUT2D eigenvalue weighted by atomic mass is 16.5. The van der Waals surface area contributed by atoms with E-state index in [1.807, 2.05) is 79.0 Å². The minimum Gasteiger partial charge on any atom is -0.489 e. The summed E-state index contributed by atoms with van der Waals surface area (Å²) < 4.78 is 8.08. The summed E-state index contributed by atoms with van der Waals surface area (Å²) in [5.41, 5.74) is 7.73. The first-order valence-corrected chi connectivity index (χ1v) is 13.7. The SMILES string of the molecule is CN(C)CCc1cccc(Nc2nccc(-c3c(-c4ccc(OCc5ccccc5)cc4)nc4ccccn34)n2)c1. The van der Waals surface area contributed by atoms with E-state index in [2.05, 4.69) is 64.0 Å². The Morgan fingerprint density at radius 1 is 0.805 bits per heavy atom. The number of benzene rings is 3. The van der Waals surface area contributed by atoms with Gasteiger partial charge in [-0.15, -0.1) is 0 Å². The van der Waals surface area contributed by atoms with Gasteiger partial charge in [0.25, 0.3) is 0 Å². The Kier molecular flexibility index (Phi) is 7.69. The van der Waals surface area contributed by atoms with Crippen molar-refractivity contribution in [3.63, 3.8) is 0 Å². The van der Waals surface area contributed by atoms with Gasteiger partial charge < -0.3 is 15.0 Å². The van der Waals surface area contributed by atoms with E-state index in [0.29, 0.717) is 12.6 Å². The van der Waals surface area contributed by atoms with E-state index in [1.54, 1.807) is 6.20 Å². The van der Waals surface area contributed by atoms with Crippen LogP contribution < -0.4 is 10.1 Å². The smallest absolute Gasteiger partial charge is 0.227 e. The molecule has 0 fully saturated rings. The number of anilines is 2. The molecule has 3 aromatic heterocycles. The molecule has 0 bridgehead atoms. The number of nitrogens with zero attached hydrogens (tertiary/aromatic N) is 5. The summed E-state index contributed by atoms with van der Waals surface area (Å²) in [6.07, 6.45) is 4.78. The Morgan fingerprint density at radius 2 is 1.61 bits per heavy atom. The molecule has 6 aromatic rings. The standard InChI is InChI=1S/C34H32N6O/c1-39(2)22-19-25-11-8-12-28(23-25)36-34-35-20-18-30(37-34)33-32(38-31-13-6-7-21-40(31)33)27-14-16-29(17-15-27)41-24-26-9-4-3-5-10-26/h3-18,20-21,23H,19,22,24H2,1-2H3,(H,35,36,37). The van der Waals surface area contributed by atoms with Crippen molar-refractivity contribution in [3.8, 4) is 28.4 Å². The number of hydrogen-bond acceptors (Lipinski definition) is 6. The van der Waals surface area contributed by atoms with Crippen LogP contribution in [0, 0.1) is 0 Å². The molecule has 0 amide bonds. The zero-order valence-electron chi connectivity index (χ0n) is 23.2. The number of hydrogen-bond donors (Lipinski definition) is 1. The fourth-order valence-electron chi connectivity index (χ4n) is 4.73. The molecule has 0 aliphatic carbocycles. The van der Waals surface area contributed by atoms with E-state index in [-0.39, 0.29) is 0 Å². The molecule has 7 heteroatoms. The van der Waals surface area contributed by atoms with Gasteiger partial charge in [-0.3, -0.25) is 4.40 Å². The van der Waals surface area contributed by atoms with Gasteiger partial charge >= 0.3 is 0 Å². The number of fused-ring (bicyclic) bond motifs is 1. The lowest BCUT2D eigenvalue weighted by Gasteiger charge is -2.11. The lowest BCUT2D eigenvalue weighted by Crippen LogP contribution is -2.15. The fourth-order valence-corrected chi connectivity index (χ4v) is 4.73. The molecule has 0 atom stereocenters. The third-order valence-electron chi connectivity index (χ3n) is 6.84. The summed E-state index contributed by atoms with van der Waals surface area (Å²) in [6, 6.07) is 34.6. The minimum atomic E-state index is 0.523. The lowest BCUT2D eigenvalue weighted by atomic mass is 10.1. The van der Waals surface area contributed by atoms with E-state index < -0.39 is 0 Å². The molecule has 3 aromatic carbocycles. The van der Waals surface area contributed by atoms with E-state index in [9.17, 15) is 0 Å². The molecule has 7 nitrogen and oxygen atoms in total. The number of pyridine rings is 1. The first kappa shape index (κ1) is 26.2. The lowest BCUT2D eigenvalue weighted by molar-refractivity contribution is 0.306. The van der Waals surface area contributed by atoms with Crippen LogP contribution in [-0.2, 0) is 13.0 Å². The number of nitrogens with one attached hydrogen (secondary N) is 1. The van der Waals surface area contributed by atoms with Crippen molar-refractivity contribution in [3.05, 3.63) is 127 Å². The molecule has 41 heavy (non-hydrogen) atoms. The number of aromatic nitrogens is 4. The maximum atomic E-state index is 6.01. The molecule has 204 valence electrons. The van der Waals surface area contributed by atoms with E-state index >= 15 is 0 Å². The van der Waals surface area contributed by atoms with Crippen LogP contribution in [0.2, 0.25) is 0 Å². The van der Waals surface area contributed by atoms with Crippen molar-refractivity contribution < 1.29 is 4.74 Å². The Hall–Kier alpha value is -5.01. The molecule has 3 heterocycles. The third-order valence-corrected chi connectivity index (χ3v) is 6.84. The topological polar surface area (TPSA) is 67.6 Å². The Morgan fingerprint density at radius 3 is 2.44 bits per heavy atom. The summed E-state index contributed by atoms with van der Waals surface area (Å²) in [4.78, 5) is 16.6. The van der Waals surface area contributed by atoms with Crippen LogP contribution in [0.1, 0.15) is 11.1 Å². The summed E-state index contributed by atoms with van der Waals surface area (Å²) in [5.74, 6) is 1.35. The van der Waals surface area contributed by atoms with Crippen LogP contribution in [0.3, 0.4) is 0 Å². The molecule has 0 saturated carbocycles. The van der Waals surface area contributed by atoms with Crippen LogP contribution in [-0.4, -0.2) is 44.9 Å². The second-order valence-electron chi connectivity index (χ2n) is 10.2. The molecule has 0 aliphatic heterocycles. The van der Waals surface area contributed by atoms with Crippen molar-refractivity contribution in [2.75, 3.05) is 26.0 Å². The zero-order valence-corrected chi connectivity index (χ0v) is 23.2. The van der Waals surface area contributed by atoms with E-state index in [4.69, 9.17) is 14.7 Å². The van der Waals surface area contributed by atoms with Crippen LogP contribution in [0.15, 0.2) is 116 Å². The highest BCUT2D eigenvalue weighted by Crippen LogP contribution is 2.33.